The molecular weight excluding hydrogens is 670 g/mol. The molecule has 178 valence electrons. The number of aryl methyl sites for hydroxylation is 1. The summed E-state index contributed by atoms with van der Waals surface area (Å²) in [5.41, 5.74) is 6.65. The Hall–Kier alpha value is -2.98. The zero-order valence-corrected chi connectivity index (χ0v) is 23.2. The summed E-state index contributed by atoms with van der Waals surface area (Å²) in [6.45, 7) is 2.36. The second-order valence-electron chi connectivity index (χ2n) is 7.62. The standard InChI is InChI=1S/C26H22I2N4O3/c1-17-2-8-21(9-3-17)31-24(33)10-11-25(34)32-30-15-20-12-22(27)26(23(28)13-20)35-16-19-6-4-18(14-29)5-7-19/h2-9,12-13,15H,10-11,16H2,1H3,(H,31,33)(H,32,34). The molecular formula is C26H22I2N4O3. The van der Waals surface area contributed by atoms with E-state index in [-0.39, 0.29) is 24.7 Å². The fraction of sp³-hybridized carbons (Fsp3) is 0.154. The van der Waals surface area contributed by atoms with Gasteiger partial charge in [-0.15, -0.1) is 0 Å². The summed E-state index contributed by atoms with van der Waals surface area (Å²) >= 11 is 4.39. The van der Waals surface area contributed by atoms with Crippen molar-refractivity contribution >= 4 is 68.9 Å². The van der Waals surface area contributed by atoms with Crippen LogP contribution in [0, 0.1) is 25.4 Å². The van der Waals surface area contributed by atoms with Crippen LogP contribution in [0.15, 0.2) is 65.8 Å². The number of nitriles is 1. The van der Waals surface area contributed by atoms with E-state index in [4.69, 9.17) is 10.00 Å². The minimum absolute atomic E-state index is 0.0340. The van der Waals surface area contributed by atoms with Crippen molar-refractivity contribution < 1.29 is 14.3 Å². The number of hydrogen-bond donors (Lipinski definition) is 2. The number of carbonyl (C=O) groups is 2. The highest BCUT2D eigenvalue weighted by molar-refractivity contribution is 14.1. The molecule has 0 aliphatic carbocycles. The number of halogens is 2. The van der Waals surface area contributed by atoms with Gasteiger partial charge in [-0.2, -0.15) is 10.4 Å². The molecule has 0 atom stereocenters. The highest BCUT2D eigenvalue weighted by atomic mass is 127. The van der Waals surface area contributed by atoms with Crippen LogP contribution in [0.1, 0.15) is 35.1 Å². The van der Waals surface area contributed by atoms with E-state index in [1.165, 1.54) is 0 Å². The second kappa shape index (κ2) is 13.2. The van der Waals surface area contributed by atoms with Crippen molar-refractivity contribution in [3.8, 4) is 11.8 Å². The highest BCUT2D eigenvalue weighted by Gasteiger charge is 2.10. The zero-order valence-electron chi connectivity index (χ0n) is 18.8. The van der Waals surface area contributed by atoms with Crippen molar-refractivity contribution in [1.82, 2.24) is 5.43 Å². The van der Waals surface area contributed by atoms with Crippen molar-refractivity contribution in [2.45, 2.75) is 26.4 Å². The molecule has 3 aromatic carbocycles. The lowest BCUT2D eigenvalue weighted by Crippen LogP contribution is -2.20. The monoisotopic (exact) mass is 692 g/mol. The Bertz CT molecular complexity index is 1240. The summed E-state index contributed by atoms with van der Waals surface area (Å²) in [5.74, 6) is 0.192. The minimum Gasteiger partial charge on any atom is -0.487 e. The molecule has 9 heteroatoms. The van der Waals surface area contributed by atoms with Gasteiger partial charge in [0.25, 0.3) is 0 Å². The Kier molecular flexibility index (Phi) is 10.0. The molecule has 0 spiro atoms. The maximum Gasteiger partial charge on any atom is 0.240 e. The van der Waals surface area contributed by atoms with Crippen LogP contribution < -0.4 is 15.5 Å². The SMILES string of the molecule is Cc1ccc(NC(=O)CCC(=O)NN=Cc2cc(I)c(OCc3ccc(C#N)cc3)c(I)c2)cc1. The van der Waals surface area contributed by atoms with Gasteiger partial charge < -0.3 is 10.1 Å². The van der Waals surface area contributed by atoms with Crippen LogP contribution in [0.4, 0.5) is 5.69 Å². The maximum atomic E-state index is 12.0. The predicted molar refractivity (Wildman–Crippen MR) is 152 cm³/mol. The van der Waals surface area contributed by atoms with Crippen LogP contribution >= 0.6 is 45.2 Å². The van der Waals surface area contributed by atoms with E-state index in [0.717, 1.165) is 29.6 Å². The summed E-state index contributed by atoms with van der Waals surface area (Å²) in [4.78, 5) is 24.1. The smallest absolute Gasteiger partial charge is 0.240 e. The molecule has 35 heavy (non-hydrogen) atoms. The lowest BCUT2D eigenvalue weighted by Gasteiger charge is -2.11. The van der Waals surface area contributed by atoms with Gasteiger partial charge in [-0.3, -0.25) is 9.59 Å². The van der Waals surface area contributed by atoms with Crippen molar-refractivity contribution in [3.05, 3.63) is 90.1 Å². The highest BCUT2D eigenvalue weighted by Crippen LogP contribution is 2.29. The Morgan fingerprint density at radius 1 is 1.00 bits per heavy atom. The molecule has 0 aliphatic heterocycles. The van der Waals surface area contributed by atoms with Gasteiger partial charge in [0.05, 0.1) is 25.0 Å². The number of nitrogens with one attached hydrogen (secondary N) is 2. The average molecular weight is 692 g/mol. The normalized spacial score (nSPS) is 10.6. The Morgan fingerprint density at radius 2 is 1.63 bits per heavy atom. The third-order valence-electron chi connectivity index (χ3n) is 4.80. The van der Waals surface area contributed by atoms with Crippen LogP contribution in [-0.2, 0) is 16.2 Å². The lowest BCUT2D eigenvalue weighted by molar-refractivity contribution is -0.124. The number of anilines is 1. The molecule has 0 saturated carbocycles. The summed E-state index contributed by atoms with van der Waals surface area (Å²) in [5, 5.41) is 15.7. The predicted octanol–water partition coefficient (Wildman–Crippen LogP) is 5.52. The van der Waals surface area contributed by atoms with E-state index in [2.05, 4.69) is 67.1 Å². The molecule has 0 radical (unpaired) electrons. The number of nitrogens with zero attached hydrogens (tertiary/aromatic N) is 2. The molecule has 0 bridgehead atoms. The maximum absolute atomic E-state index is 12.0. The minimum atomic E-state index is -0.341. The number of carbonyl (C=O) groups excluding carboxylic acids is 2. The first-order chi connectivity index (χ1) is 16.8. The Labute approximate surface area is 231 Å². The van der Waals surface area contributed by atoms with E-state index in [1.807, 2.05) is 55.5 Å². The van der Waals surface area contributed by atoms with Gasteiger partial charge in [-0.1, -0.05) is 29.8 Å². The molecule has 3 aromatic rings. The number of ether oxygens (including phenoxy) is 1. The van der Waals surface area contributed by atoms with Gasteiger partial charge in [0, 0.05) is 18.5 Å². The summed E-state index contributed by atoms with van der Waals surface area (Å²) in [6, 6.07) is 20.6. The molecule has 7 nitrogen and oxygen atoms in total. The molecule has 3 rings (SSSR count). The third-order valence-corrected chi connectivity index (χ3v) is 6.41. The number of benzene rings is 3. The van der Waals surface area contributed by atoms with Gasteiger partial charge in [0.2, 0.25) is 11.8 Å². The first-order valence-electron chi connectivity index (χ1n) is 10.6. The topological polar surface area (TPSA) is 104 Å². The first kappa shape index (κ1) is 26.6. The summed E-state index contributed by atoms with van der Waals surface area (Å²) in [6.07, 6.45) is 1.65. The first-order valence-corrected chi connectivity index (χ1v) is 12.8. The molecule has 0 unspecified atom stereocenters. The van der Waals surface area contributed by atoms with E-state index < -0.39 is 0 Å². The van der Waals surface area contributed by atoms with Crippen LogP contribution in [-0.4, -0.2) is 18.0 Å². The Balaban J connectivity index is 1.47. The van der Waals surface area contributed by atoms with Crippen molar-refractivity contribution in [2.75, 3.05) is 5.32 Å². The molecule has 2 amide bonds. The summed E-state index contributed by atoms with van der Waals surface area (Å²) in [7, 11) is 0. The van der Waals surface area contributed by atoms with Gasteiger partial charge >= 0.3 is 0 Å². The van der Waals surface area contributed by atoms with E-state index >= 15 is 0 Å². The quantitative estimate of drug-likeness (QED) is 0.175. The second-order valence-corrected chi connectivity index (χ2v) is 9.94. The molecule has 0 aliphatic rings. The van der Waals surface area contributed by atoms with E-state index in [0.29, 0.717) is 17.9 Å². The van der Waals surface area contributed by atoms with Crippen LogP contribution in [0.5, 0.6) is 5.75 Å². The molecule has 0 saturated heterocycles. The third kappa shape index (κ3) is 8.63. The van der Waals surface area contributed by atoms with Crippen molar-refractivity contribution in [2.24, 2.45) is 5.10 Å². The molecule has 0 heterocycles. The van der Waals surface area contributed by atoms with Gasteiger partial charge in [-0.05, 0) is 99.6 Å². The Morgan fingerprint density at radius 3 is 2.26 bits per heavy atom. The lowest BCUT2D eigenvalue weighted by atomic mass is 10.1. The van der Waals surface area contributed by atoms with Gasteiger partial charge in [-0.25, -0.2) is 5.43 Å². The number of hydrogen-bond acceptors (Lipinski definition) is 5. The van der Waals surface area contributed by atoms with E-state index in [1.54, 1.807) is 18.3 Å². The molecule has 2 N–H and O–H groups in total. The largest absolute Gasteiger partial charge is 0.487 e. The average Bonchev–Trinajstić information content (AvgIpc) is 2.84. The van der Waals surface area contributed by atoms with Crippen molar-refractivity contribution in [3.63, 3.8) is 0 Å². The van der Waals surface area contributed by atoms with Crippen LogP contribution in [0.3, 0.4) is 0 Å². The summed E-state index contributed by atoms with van der Waals surface area (Å²) < 4.78 is 7.79. The van der Waals surface area contributed by atoms with Crippen molar-refractivity contribution in [1.29, 1.82) is 5.26 Å². The number of amides is 2. The van der Waals surface area contributed by atoms with Gasteiger partial charge in [0.15, 0.2) is 0 Å². The number of hydrazone groups is 1. The van der Waals surface area contributed by atoms with Gasteiger partial charge in [0.1, 0.15) is 12.4 Å². The molecule has 0 aromatic heterocycles. The molecule has 0 fully saturated rings. The number of rotatable bonds is 9. The van der Waals surface area contributed by atoms with Crippen LogP contribution in [0.2, 0.25) is 0 Å². The fourth-order valence-corrected chi connectivity index (χ4v) is 5.07. The zero-order chi connectivity index (χ0) is 25.2. The fourth-order valence-electron chi connectivity index (χ4n) is 2.95. The van der Waals surface area contributed by atoms with Crippen LogP contribution in [0.25, 0.3) is 0 Å². The van der Waals surface area contributed by atoms with E-state index in [9.17, 15) is 9.59 Å².